The first-order valence-corrected chi connectivity index (χ1v) is 13.2. The lowest BCUT2D eigenvalue weighted by atomic mass is 10.1. The van der Waals surface area contributed by atoms with Crippen molar-refractivity contribution < 1.29 is 17.9 Å². The minimum absolute atomic E-state index is 0.132. The zero-order valence-corrected chi connectivity index (χ0v) is 20.7. The van der Waals surface area contributed by atoms with Crippen molar-refractivity contribution in [3.63, 3.8) is 0 Å². The van der Waals surface area contributed by atoms with Gasteiger partial charge in [-0.15, -0.1) is 11.3 Å². The molecule has 1 aliphatic heterocycles. The highest BCUT2D eigenvalue weighted by atomic mass is 35.5. The van der Waals surface area contributed by atoms with Gasteiger partial charge in [-0.05, 0) is 55.7 Å². The van der Waals surface area contributed by atoms with Gasteiger partial charge in [-0.2, -0.15) is 4.31 Å². The average molecular weight is 506 g/mol. The Hall–Kier alpha value is -2.46. The monoisotopic (exact) mass is 505 g/mol. The van der Waals surface area contributed by atoms with Crippen LogP contribution in [0.1, 0.15) is 35.2 Å². The second-order valence-electron chi connectivity index (χ2n) is 7.78. The van der Waals surface area contributed by atoms with Crippen LogP contribution in [0, 0.1) is 6.92 Å². The summed E-state index contributed by atoms with van der Waals surface area (Å²) in [4.78, 5) is 17.6. The average Bonchev–Trinajstić information content (AvgIpc) is 3.28. The van der Waals surface area contributed by atoms with E-state index >= 15 is 0 Å². The van der Waals surface area contributed by atoms with Gasteiger partial charge in [0.25, 0.3) is 5.91 Å². The van der Waals surface area contributed by atoms with Crippen molar-refractivity contribution in [2.45, 2.75) is 31.1 Å². The van der Waals surface area contributed by atoms with Crippen molar-refractivity contribution in [3.8, 4) is 17.0 Å². The summed E-state index contributed by atoms with van der Waals surface area (Å²) in [6, 6.07) is 10.0. The van der Waals surface area contributed by atoms with E-state index in [9.17, 15) is 13.2 Å². The predicted molar refractivity (Wildman–Crippen MR) is 131 cm³/mol. The lowest BCUT2D eigenvalue weighted by molar-refractivity contribution is 0.102. The maximum absolute atomic E-state index is 13.0. The molecule has 1 fully saturated rings. The third-order valence-corrected chi connectivity index (χ3v) is 8.53. The van der Waals surface area contributed by atoms with E-state index in [1.807, 2.05) is 11.4 Å². The number of nitrogens with zero attached hydrogens (tertiary/aromatic N) is 2. The summed E-state index contributed by atoms with van der Waals surface area (Å²) < 4.78 is 32.7. The Balaban J connectivity index is 1.54. The van der Waals surface area contributed by atoms with Crippen molar-refractivity contribution in [3.05, 3.63) is 57.9 Å². The van der Waals surface area contributed by atoms with Crippen molar-refractivity contribution in [1.82, 2.24) is 9.29 Å². The van der Waals surface area contributed by atoms with Crippen LogP contribution < -0.4 is 10.1 Å². The number of aryl methyl sites for hydroxylation is 1. The Labute approximate surface area is 202 Å². The smallest absolute Gasteiger partial charge is 0.257 e. The quantitative estimate of drug-likeness (QED) is 0.497. The van der Waals surface area contributed by atoms with Crippen LogP contribution >= 0.6 is 22.9 Å². The molecule has 0 atom stereocenters. The molecule has 0 unspecified atom stereocenters. The third kappa shape index (κ3) is 5.06. The van der Waals surface area contributed by atoms with Crippen molar-refractivity contribution in [2.75, 3.05) is 25.5 Å². The molecule has 1 aliphatic rings. The lowest BCUT2D eigenvalue weighted by Gasteiger charge is -2.26. The second kappa shape index (κ2) is 9.80. The maximum Gasteiger partial charge on any atom is 0.257 e. The van der Waals surface area contributed by atoms with Crippen LogP contribution in [-0.2, 0) is 10.0 Å². The molecule has 0 bridgehead atoms. The van der Waals surface area contributed by atoms with Crippen LogP contribution in [0.4, 0.5) is 5.13 Å². The number of nitrogens with one attached hydrogen (secondary N) is 1. The predicted octanol–water partition coefficient (Wildman–Crippen LogP) is 5.21. The summed E-state index contributed by atoms with van der Waals surface area (Å²) in [5.41, 5.74) is 2.45. The molecule has 3 aromatic rings. The number of anilines is 1. The number of carbonyl (C=O) groups excluding carboxylic acids is 1. The molecule has 1 aromatic heterocycles. The Bertz CT molecular complexity index is 1280. The van der Waals surface area contributed by atoms with Gasteiger partial charge in [0.2, 0.25) is 10.0 Å². The van der Waals surface area contributed by atoms with Crippen LogP contribution in [0.15, 0.2) is 46.7 Å². The molecule has 2 aromatic carbocycles. The number of piperidine rings is 1. The van der Waals surface area contributed by atoms with Gasteiger partial charge in [0.05, 0.1) is 22.7 Å². The molecule has 1 amide bonds. The van der Waals surface area contributed by atoms with Gasteiger partial charge in [-0.3, -0.25) is 10.1 Å². The second-order valence-corrected chi connectivity index (χ2v) is 11.0. The number of thiazole rings is 1. The summed E-state index contributed by atoms with van der Waals surface area (Å²) in [6.45, 7) is 2.79. The fourth-order valence-electron chi connectivity index (χ4n) is 3.71. The normalized spacial score (nSPS) is 14.8. The van der Waals surface area contributed by atoms with Crippen molar-refractivity contribution in [1.29, 1.82) is 0 Å². The van der Waals surface area contributed by atoms with Crippen LogP contribution in [0.25, 0.3) is 11.3 Å². The van der Waals surface area contributed by atoms with E-state index in [-0.39, 0.29) is 4.90 Å². The zero-order chi connectivity index (χ0) is 23.6. The summed E-state index contributed by atoms with van der Waals surface area (Å²) >= 11 is 7.48. The highest BCUT2D eigenvalue weighted by Gasteiger charge is 2.27. The van der Waals surface area contributed by atoms with E-state index in [4.69, 9.17) is 16.3 Å². The number of benzene rings is 2. The number of halogens is 1. The van der Waals surface area contributed by atoms with Gasteiger partial charge in [0.15, 0.2) is 5.13 Å². The number of aromatic nitrogens is 1. The Morgan fingerprint density at radius 2 is 1.91 bits per heavy atom. The highest BCUT2D eigenvalue weighted by Crippen LogP contribution is 2.32. The molecule has 174 valence electrons. The molecule has 1 N–H and O–H groups in total. The van der Waals surface area contributed by atoms with Crippen LogP contribution in [0.3, 0.4) is 0 Å². The van der Waals surface area contributed by atoms with Gasteiger partial charge < -0.3 is 4.74 Å². The number of sulfonamides is 1. The molecule has 0 saturated carbocycles. The lowest BCUT2D eigenvalue weighted by Crippen LogP contribution is -2.35. The number of hydrogen-bond donors (Lipinski definition) is 1. The van der Waals surface area contributed by atoms with E-state index in [0.29, 0.717) is 45.8 Å². The van der Waals surface area contributed by atoms with E-state index in [0.717, 1.165) is 24.8 Å². The molecule has 1 saturated heterocycles. The minimum Gasteiger partial charge on any atom is -0.495 e. The molecule has 0 radical (unpaired) electrons. The van der Waals surface area contributed by atoms with Gasteiger partial charge in [-0.25, -0.2) is 13.4 Å². The standard InChI is InChI=1S/C23H24ClN3O4S2/c1-15-6-8-17(33(29,30)27-10-4-3-5-11-27)13-18(15)22(28)26-23-25-20(14-32-23)16-7-9-21(31-2)19(24)12-16/h6-9,12-14H,3-5,10-11H2,1-2H3,(H,25,26,28). The highest BCUT2D eigenvalue weighted by molar-refractivity contribution is 7.89. The fraction of sp³-hybridized carbons (Fsp3) is 0.304. The van der Waals surface area contributed by atoms with Gasteiger partial charge in [0.1, 0.15) is 5.75 Å². The third-order valence-electron chi connectivity index (χ3n) is 5.58. The Morgan fingerprint density at radius 1 is 1.15 bits per heavy atom. The molecule has 2 heterocycles. The first kappa shape index (κ1) is 23.7. The van der Waals surface area contributed by atoms with Crippen LogP contribution in [0.2, 0.25) is 5.02 Å². The van der Waals surface area contributed by atoms with Crippen molar-refractivity contribution in [2.24, 2.45) is 0 Å². The molecule has 7 nitrogen and oxygen atoms in total. The Morgan fingerprint density at radius 3 is 2.61 bits per heavy atom. The first-order valence-electron chi connectivity index (χ1n) is 10.5. The largest absolute Gasteiger partial charge is 0.495 e. The van der Waals surface area contributed by atoms with E-state index in [1.54, 1.807) is 38.3 Å². The van der Waals surface area contributed by atoms with Gasteiger partial charge in [-0.1, -0.05) is 24.1 Å². The topological polar surface area (TPSA) is 88.6 Å². The summed E-state index contributed by atoms with van der Waals surface area (Å²) in [5, 5.41) is 5.48. The maximum atomic E-state index is 13.0. The summed E-state index contributed by atoms with van der Waals surface area (Å²) in [7, 11) is -2.08. The van der Waals surface area contributed by atoms with E-state index in [1.165, 1.54) is 21.7 Å². The molecular formula is C23H24ClN3O4S2. The molecular weight excluding hydrogens is 482 g/mol. The Kier molecular flexibility index (Phi) is 7.04. The molecule has 33 heavy (non-hydrogen) atoms. The van der Waals surface area contributed by atoms with E-state index < -0.39 is 15.9 Å². The molecule has 0 aliphatic carbocycles. The van der Waals surface area contributed by atoms with Gasteiger partial charge >= 0.3 is 0 Å². The number of methoxy groups -OCH3 is 1. The SMILES string of the molecule is COc1ccc(-c2csc(NC(=O)c3cc(S(=O)(=O)N4CCCCC4)ccc3C)n2)cc1Cl. The minimum atomic E-state index is -3.63. The van der Waals surface area contributed by atoms with E-state index in [2.05, 4.69) is 10.3 Å². The molecule has 10 heteroatoms. The summed E-state index contributed by atoms with van der Waals surface area (Å²) in [6.07, 6.45) is 2.74. The number of rotatable bonds is 6. The number of ether oxygens (including phenoxy) is 1. The van der Waals surface area contributed by atoms with Crippen molar-refractivity contribution >= 4 is 44.0 Å². The molecule has 4 rings (SSSR count). The van der Waals surface area contributed by atoms with Crippen LogP contribution in [-0.4, -0.2) is 43.8 Å². The fourth-order valence-corrected chi connectivity index (χ4v) is 6.23. The molecule has 0 spiro atoms. The number of amides is 1. The number of carbonyl (C=O) groups is 1. The zero-order valence-electron chi connectivity index (χ0n) is 18.3. The van der Waals surface area contributed by atoms with Crippen LogP contribution in [0.5, 0.6) is 5.75 Å². The number of hydrogen-bond acceptors (Lipinski definition) is 6. The van der Waals surface area contributed by atoms with Gasteiger partial charge in [0, 0.05) is 29.6 Å². The summed E-state index contributed by atoms with van der Waals surface area (Å²) in [5.74, 6) is 0.163. The first-order chi connectivity index (χ1) is 15.8.